The topological polar surface area (TPSA) is 101 Å². The van der Waals surface area contributed by atoms with Crippen LogP contribution in [0.25, 0.3) is 5.95 Å². The average Bonchev–Trinajstić information content (AvgIpc) is 2.98. The van der Waals surface area contributed by atoms with Crippen molar-refractivity contribution < 1.29 is 5.11 Å². The summed E-state index contributed by atoms with van der Waals surface area (Å²) >= 11 is 0. The van der Waals surface area contributed by atoms with Crippen molar-refractivity contribution in [2.24, 2.45) is 0 Å². The number of hydrogen-bond donors (Lipinski definition) is 3. The van der Waals surface area contributed by atoms with Crippen molar-refractivity contribution >= 4 is 11.9 Å². The van der Waals surface area contributed by atoms with E-state index >= 15 is 0 Å². The Morgan fingerprint density at radius 2 is 2.11 bits per heavy atom. The minimum atomic E-state index is -0.0808. The minimum Gasteiger partial charge on any atom is -0.394 e. The van der Waals surface area contributed by atoms with Crippen molar-refractivity contribution in [1.82, 2.24) is 24.5 Å². The molecule has 102 valence electrons. The molecule has 2 aromatic rings. The smallest absolute Gasteiger partial charge is 0.241 e. The van der Waals surface area contributed by atoms with Gasteiger partial charge in [0.05, 0.1) is 12.6 Å². The summed E-state index contributed by atoms with van der Waals surface area (Å²) in [5.41, 5.74) is 0. The van der Waals surface area contributed by atoms with Crippen LogP contribution in [0.4, 0.5) is 11.9 Å². The highest BCUT2D eigenvalue weighted by Crippen LogP contribution is 2.10. The van der Waals surface area contributed by atoms with Gasteiger partial charge in [0.25, 0.3) is 0 Å². The molecule has 0 aliphatic heterocycles. The van der Waals surface area contributed by atoms with Crippen LogP contribution >= 0.6 is 0 Å². The Morgan fingerprint density at radius 3 is 2.68 bits per heavy atom. The van der Waals surface area contributed by atoms with Crippen molar-refractivity contribution in [2.45, 2.75) is 19.4 Å². The fourth-order valence-electron chi connectivity index (χ4n) is 1.49. The summed E-state index contributed by atoms with van der Waals surface area (Å²) in [6, 6.07) is -0.0808. The third-order valence-corrected chi connectivity index (χ3v) is 2.63. The third kappa shape index (κ3) is 3.16. The number of imidazole rings is 1. The Balaban J connectivity index is 2.31. The van der Waals surface area contributed by atoms with Crippen LogP contribution in [0.3, 0.4) is 0 Å². The fraction of sp³-hybridized carbons (Fsp3) is 0.455. The van der Waals surface area contributed by atoms with Crippen molar-refractivity contribution in [2.75, 3.05) is 24.3 Å². The van der Waals surface area contributed by atoms with Crippen LogP contribution < -0.4 is 10.6 Å². The van der Waals surface area contributed by atoms with Crippen molar-refractivity contribution in [1.29, 1.82) is 0 Å². The first kappa shape index (κ1) is 13.2. The molecule has 3 N–H and O–H groups in total. The van der Waals surface area contributed by atoms with E-state index in [2.05, 4.69) is 30.6 Å². The maximum atomic E-state index is 9.20. The van der Waals surface area contributed by atoms with Gasteiger partial charge in [-0.25, -0.2) is 4.98 Å². The van der Waals surface area contributed by atoms with Crippen molar-refractivity contribution in [3.8, 4) is 5.95 Å². The lowest BCUT2D eigenvalue weighted by Crippen LogP contribution is -2.24. The Bertz CT molecular complexity index is 510. The van der Waals surface area contributed by atoms with Gasteiger partial charge in [-0.1, -0.05) is 6.92 Å². The second-order valence-electron chi connectivity index (χ2n) is 3.93. The fourth-order valence-corrected chi connectivity index (χ4v) is 1.49. The van der Waals surface area contributed by atoms with Gasteiger partial charge in [0.1, 0.15) is 6.33 Å². The van der Waals surface area contributed by atoms with Gasteiger partial charge in [-0.15, -0.1) is 0 Å². The summed E-state index contributed by atoms with van der Waals surface area (Å²) < 4.78 is 1.69. The molecule has 2 aromatic heterocycles. The molecule has 2 rings (SSSR count). The van der Waals surface area contributed by atoms with Crippen LogP contribution in [0.2, 0.25) is 0 Å². The summed E-state index contributed by atoms with van der Waals surface area (Å²) in [5.74, 6) is 1.34. The molecule has 0 aliphatic rings. The molecule has 0 saturated carbocycles. The molecule has 19 heavy (non-hydrogen) atoms. The lowest BCUT2D eigenvalue weighted by atomic mass is 10.2. The van der Waals surface area contributed by atoms with Gasteiger partial charge in [-0.2, -0.15) is 15.0 Å². The molecular weight excluding hydrogens is 246 g/mol. The van der Waals surface area contributed by atoms with E-state index in [1.807, 2.05) is 6.92 Å². The normalized spacial score (nSPS) is 12.2. The predicted molar refractivity (Wildman–Crippen MR) is 71.3 cm³/mol. The van der Waals surface area contributed by atoms with Gasteiger partial charge >= 0.3 is 0 Å². The largest absolute Gasteiger partial charge is 0.394 e. The summed E-state index contributed by atoms with van der Waals surface area (Å²) in [4.78, 5) is 16.7. The molecule has 2 heterocycles. The van der Waals surface area contributed by atoms with E-state index in [4.69, 9.17) is 0 Å². The highest BCUT2D eigenvalue weighted by Gasteiger charge is 2.10. The molecule has 0 aromatic carbocycles. The molecular formula is C11H17N7O. The van der Waals surface area contributed by atoms with E-state index in [0.29, 0.717) is 17.8 Å². The Hall–Kier alpha value is -2.22. The minimum absolute atomic E-state index is 0.0253. The van der Waals surface area contributed by atoms with Crippen molar-refractivity contribution in [3.05, 3.63) is 18.7 Å². The van der Waals surface area contributed by atoms with E-state index in [0.717, 1.165) is 6.42 Å². The average molecular weight is 263 g/mol. The molecule has 0 amide bonds. The molecule has 0 bridgehead atoms. The number of nitrogens with one attached hydrogen (secondary N) is 2. The van der Waals surface area contributed by atoms with E-state index in [1.165, 1.54) is 0 Å². The van der Waals surface area contributed by atoms with E-state index in [-0.39, 0.29) is 12.6 Å². The van der Waals surface area contributed by atoms with Gasteiger partial charge in [0, 0.05) is 19.4 Å². The number of rotatable bonds is 6. The summed E-state index contributed by atoms with van der Waals surface area (Å²) in [7, 11) is 1.74. The Morgan fingerprint density at radius 1 is 1.32 bits per heavy atom. The number of aliphatic hydroxyl groups is 1. The molecule has 0 aliphatic carbocycles. The van der Waals surface area contributed by atoms with Gasteiger partial charge < -0.3 is 15.7 Å². The van der Waals surface area contributed by atoms with E-state index < -0.39 is 0 Å². The van der Waals surface area contributed by atoms with Gasteiger partial charge in [0.15, 0.2) is 0 Å². The number of hydrogen-bond acceptors (Lipinski definition) is 7. The standard InChI is InChI=1S/C11H17N7O/c1-3-8(6-19)14-10-15-9(12-2)16-11(17-10)18-5-4-13-7-18/h4-5,7-8,19H,3,6H2,1-2H3,(H2,12,14,15,16,17). The first-order valence-corrected chi connectivity index (χ1v) is 6.06. The van der Waals surface area contributed by atoms with Gasteiger partial charge in [0.2, 0.25) is 17.8 Å². The summed E-state index contributed by atoms with van der Waals surface area (Å²) in [5, 5.41) is 15.2. The molecule has 1 atom stereocenters. The lowest BCUT2D eigenvalue weighted by Gasteiger charge is -2.14. The number of nitrogens with zero attached hydrogens (tertiary/aromatic N) is 5. The second kappa shape index (κ2) is 6.10. The first-order chi connectivity index (χ1) is 9.26. The quantitative estimate of drug-likeness (QED) is 0.688. The molecule has 8 nitrogen and oxygen atoms in total. The first-order valence-electron chi connectivity index (χ1n) is 6.06. The van der Waals surface area contributed by atoms with Gasteiger partial charge in [-0.3, -0.25) is 4.57 Å². The number of aromatic nitrogens is 5. The summed E-state index contributed by atoms with van der Waals surface area (Å²) in [6.07, 6.45) is 5.79. The molecule has 0 saturated heterocycles. The maximum Gasteiger partial charge on any atom is 0.241 e. The van der Waals surface area contributed by atoms with Crippen LogP contribution in [0.5, 0.6) is 0 Å². The SMILES string of the molecule is CCC(CO)Nc1nc(NC)nc(-n2ccnc2)n1. The van der Waals surface area contributed by atoms with Crippen LogP contribution in [0.15, 0.2) is 18.7 Å². The monoisotopic (exact) mass is 263 g/mol. The maximum absolute atomic E-state index is 9.20. The van der Waals surface area contributed by atoms with Crippen LogP contribution in [0, 0.1) is 0 Å². The molecule has 1 unspecified atom stereocenters. The second-order valence-corrected chi connectivity index (χ2v) is 3.93. The molecule has 0 fully saturated rings. The lowest BCUT2D eigenvalue weighted by molar-refractivity contribution is 0.271. The third-order valence-electron chi connectivity index (χ3n) is 2.63. The van der Waals surface area contributed by atoms with Crippen LogP contribution in [0.1, 0.15) is 13.3 Å². The van der Waals surface area contributed by atoms with E-state index in [9.17, 15) is 5.11 Å². The molecule has 8 heteroatoms. The molecule has 0 spiro atoms. The predicted octanol–water partition coefficient (Wildman–Crippen LogP) is 0.282. The van der Waals surface area contributed by atoms with Crippen LogP contribution in [-0.4, -0.2) is 49.3 Å². The number of aliphatic hydroxyl groups excluding tert-OH is 1. The van der Waals surface area contributed by atoms with E-state index in [1.54, 1.807) is 30.3 Å². The van der Waals surface area contributed by atoms with Gasteiger partial charge in [-0.05, 0) is 6.42 Å². The highest BCUT2D eigenvalue weighted by molar-refractivity contribution is 5.38. The number of anilines is 2. The Labute approximate surface area is 111 Å². The molecule has 0 radical (unpaired) electrons. The summed E-state index contributed by atoms with van der Waals surface area (Å²) in [6.45, 7) is 2.00. The zero-order valence-corrected chi connectivity index (χ0v) is 10.9. The Kier molecular flexibility index (Phi) is 4.24. The van der Waals surface area contributed by atoms with Crippen LogP contribution in [-0.2, 0) is 0 Å². The zero-order valence-electron chi connectivity index (χ0n) is 10.9. The highest BCUT2D eigenvalue weighted by atomic mass is 16.3. The zero-order chi connectivity index (χ0) is 13.7. The van der Waals surface area contributed by atoms with Crippen molar-refractivity contribution in [3.63, 3.8) is 0 Å².